The molecule has 0 saturated carbocycles. The molecule has 13 heavy (non-hydrogen) atoms. The van der Waals surface area contributed by atoms with Gasteiger partial charge in [-0.15, -0.1) is 0 Å². The monoisotopic (exact) mass is 203 g/mol. The van der Waals surface area contributed by atoms with Crippen molar-refractivity contribution in [3.8, 4) is 0 Å². The van der Waals surface area contributed by atoms with E-state index >= 15 is 0 Å². The standard InChI is InChI=1S/C9H25N3Si/c1-5-9-13(10-6-2,11-7-3)12-8-4/h10-12H,5-9H2,1-4H3. The van der Waals surface area contributed by atoms with Gasteiger partial charge in [-0.2, -0.15) is 0 Å². The predicted octanol–water partition coefficient (Wildman–Crippen LogP) is 1.16. The van der Waals surface area contributed by atoms with Crippen LogP contribution < -0.4 is 14.9 Å². The first-order valence-corrected chi connectivity index (χ1v) is 7.70. The third-order valence-corrected chi connectivity index (χ3v) is 6.18. The Morgan fingerprint density at radius 3 is 1.38 bits per heavy atom. The largest absolute Gasteiger partial charge is 0.314 e. The quantitative estimate of drug-likeness (QED) is 0.518. The van der Waals surface area contributed by atoms with Gasteiger partial charge in [0.1, 0.15) is 0 Å². The minimum absolute atomic E-state index is 1.05. The number of nitrogens with one attached hydrogen (secondary N) is 3. The highest BCUT2D eigenvalue weighted by Crippen LogP contribution is 2.01. The van der Waals surface area contributed by atoms with Crippen LogP contribution in [0, 0.1) is 0 Å². The molecule has 0 fully saturated rings. The van der Waals surface area contributed by atoms with Crippen LogP contribution >= 0.6 is 0 Å². The molecule has 0 rings (SSSR count). The zero-order valence-corrected chi connectivity index (χ0v) is 10.5. The van der Waals surface area contributed by atoms with Crippen LogP contribution in [0.15, 0.2) is 0 Å². The molecule has 3 nitrogen and oxygen atoms in total. The average molecular weight is 203 g/mol. The molecule has 0 unspecified atom stereocenters. The number of hydrogen-bond donors (Lipinski definition) is 3. The lowest BCUT2D eigenvalue weighted by molar-refractivity contribution is 0.748. The highest BCUT2D eigenvalue weighted by molar-refractivity contribution is 6.72. The summed E-state index contributed by atoms with van der Waals surface area (Å²) >= 11 is 0. The van der Waals surface area contributed by atoms with Gasteiger partial charge in [0.2, 0.25) is 0 Å². The van der Waals surface area contributed by atoms with Crippen LogP contribution in [0.3, 0.4) is 0 Å². The van der Waals surface area contributed by atoms with Crippen molar-refractivity contribution in [2.24, 2.45) is 0 Å². The molecule has 0 aliphatic carbocycles. The van der Waals surface area contributed by atoms with Gasteiger partial charge in [0.15, 0.2) is 0 Å². The van der Waals surface area contributed by atoms with Gasteiger partial charge in [0.05, 0.1) is 0 Å². The van der Waals surface area contributed by atoms with E-state index in [0.717, 1.165) is 19.6 Å². The number of hydrogen-bond acceptors (Lipinski definition) is 3. The molecular weight excluding hydrogens is 178 g/mol. The van der Waals surface area contributed by atoms with Crippen molar-refractivity contribution in [3.63, 3.8) is 0 Å². The Balaban J connectivity index is 4.19. The molecule has 3 N–H and O–H groups in total. The van der Waals surface area contributed by atoms with Crippen LogP contribution in [0.1, 0.15) is 34.1 Å². The summed E-state index contributed by atoms with van der Waals surface area (Å²) in [5.74, 6) is 0. The van der Waals surface area contributed by atoms with E-state index in [-0.39, 0.29) is 0 Å². The van der Waals surface area contributed by atoms with E-state index < -0.39 is 8.56 Å². The smallest absolute Gasteiger partial charge is 0.281 e. The van der Waals surface area contributed by atoms with Gasteiger partial charge in [-0.1, -0.05) is 34.1 Å². The molecule has 0 aromatic carbocycles. The molecule has 0 bridgehead atoms. The van der Waals surface area contributed by atoms with E-state index in [1.165, 1.54) is 12.5 Å². The fourth-order valence-corrected chi connectivity index (χ4v) is 5.20. The molecule has 0 aromatic heterocycles. The second-order valence-electron chi connectivity index (χ2n) is 3.25. The molecule has 0 radical (unpaired) electrons. The summed E-state index contributed by atoms with van der Waals surface area (Å²) in [7, 11) is -1.55. The van der Waals surface area contributed by atoms with Crippen molar-refractivity contribution in [1.82, 2.24) is 14.9 Å². The summed E-state index contributed by atoms with van der Waals surface area (Å²) in [6.45, 7) is 11.9. The minimum Gasteiger partial charge on any atom is -0.314 e. The predicted molar refractivity (Wildman–Crippen MR) is 61.9 cm³/mol. The first kappa shape index (κ1) is 13.1. The van der Waals surface area contributed by atoms with Crippen LogP contribution in [-0.2, 0) is 0 Å². The van der Waals surface area contributed by atoms with Crippen LogP contribution in [0.25, 0.3) is 0 Å². The molecule has 0 amide bonds. The Morgan fingerprint density at radius 1 is 0.769 bits per heavy atom. The molecule has 4 heteroatoms. The van der Waals surface area contributed by atoms with Gasteiger partial charge in [0.25, 0.3) is 8.56 Å². The molecule has 0 saturated heterocycles. The van der Waals surface area contributed by atoms with E-state index in [0.29, 0.717) is 0 Å². The molecule has 0 heterocycles. The summed E-state index contributed by atoms with van der Waals surface area (Å²) in [5.41, 5.74) is 0. The highest BCUT2D eigenvalue weighted by atomic mass is 28.4. The zero-order valence-electron chi connectivity index (χ0n) is 9.54. The fourth-order valence-electron chi connectivity index (χ4n) is 1.73. The summed E-state index contributed by atoms with van der Waals surface area (Å²) < 4.78 is 0. The second-order valence-corrected chi connectivity index (χ2v) is 6.62. The van der Waals surface area contributed by atoms with Crippen molar-refractivity contribution in [3.05, 3.63) is 0 Å². The van der Waals surface area contributed by atoms with E-state index in [1.807, 2.05) is 0 Å². The van der Waals surface area contributed by atoms with Crippen LogP contribution in [0.2, 0.25) is 6.04 Å². The summed E-state index contributed by atoms with van der Waals surface area (Å²) in [6.07, 6.45) is 1.24. The lowest BCUT2D eigenvalue weighted by Gasteiger charge is -2.32. The third-order valence-electron chi connectivity index (χ3n) is 2.06. The van der Waals surface area contributed by atoms with Crippen molar-refractivity contribution >= 4 is 8.56 Å². The molecule has 0 aromatic rings. The Morgan fingerprint density at radius 2 is 1.15 bits per heavy atom. The van der Waals surface area contributed by atoms with Gasteiger partial charge in [-0.3, -0.25) is 0 Å². The van der Waals surface area contributed by atoms with Crippen LogP contribution in [-0.4, -0.2) is 28.2 Å². The van der Waals surface area contributed by atoms with Crippen molar-refractivity contribution in [2.75, 3.05) is 19.6 Å². The number of rotatable bonds is 8. The van der Waals surface area contributed by atoms with Gasteiger partial charge >= 0.3 is 0 Å². The van der Waals surface area contributed by atoms with Gasteiger partial charge in [-0.05, 0) is 25.7 Å². The first-order valence-electron chi connectivity index (χ1n) is 5.49. The van der Waals surface area contributed by atoms with Crippen LogP contribution in [0.4, 0.5) is 0 Å². The summed E-state index contributed by atoms with van der Waals surface area (Å²) in [4.78, 5) is 10.8. The maximum Gasteiger partial charge on any atom is 0.281 e. The Bertz CT molecular complexity index is 89.9. The van der Waals surface area contributed by atoms with Crippen molar-refractivity contribution < 1.29 is 0 Å². The van der Waals surface area contributed by atoms with Gasteiger partial charge < -0.3 is 14.9 Å². The molecular formula is C9H25N3Si. The minimum atomic E-state index is -1.55. The van der Waals surface area contributed by atoms with E-state index in [4.69, 9.17) is 0 Å². The molecule has 80 valence electrons. The third kappa shape index (κ3) is 4.76. The summed E-state index contributed by atoms with van der Waals surface area (Å²) in [6, 6.07) is 1.25. The molecule has 0 aliphatic rings. The SMILES string of the molecule is CCC[Si](NCC)(NCC)NCC. The summed E-state index contributed by atoms with van der Waals surface area (Å²) in [5, 5.41) is 0. The highest BCUT2D eigenvalue weighted by Gasteiger charge is 2.30. The Kier molecular flexibility index (Phi) is 7.55. The lowest BCUT2D eigenvalue weighted by Crippen LogP contribution is -2.72. The Labute approximate surface area is 83.9 Å². The van der Waals surface area contributed by atoms with E-state index in [2.05, 4.69) is 42.6 Å². The van der Waals surface area contributed by atoms with E-state index in [9.17, 15) is 0 Å². The first-order chi connectivity index (χ1) is 6.24. The average Bonchev–Trinajstić information content (AvgIpc) is 2.06. The zero-order chi connectivity index (χ0) is 10.2. The van der Waals surface area contributed by atoms with E-state index in [1.54, 1.807) is 0 Å². The Hall–Kier alpha value is 0.0969. The molecule has 0 spiro atoms. The normalized spacial score (nSPS) is 12.0. The maximum atomic E-state index is 3.62. The molecule has 0 atom stereocenters. The second kappa shape index (κ2) is 7.50. The molecule has 0 aliphatic heterocycles. The van der Waals surface area contributed by atoms with Crippen molar-refractivity contribution in [2.45, 2.75) is 40.2 Å². The maximum absolute atomic E-state index is 3.62. The van der Waals surface area contributed by atoms with Gasteiger partial charge in [-0.25, -0.2) is 0 Å². The fraction of sp³-hybridized carbons (Fsp3) is 1.00. The topological polar surface area (TPSA) is 36.1 Å². The van der Waals surface area contributed by atoms with Crippen molar-refractivity contribution in [1.29, 1.82) is 0 Å². The lowest BCUT2D eigenvalue weighted by atomic mass is 10.6. The van der Waals surface area contributed by atoms with Crippen LogP contribution in [0.5, 0.6) is 0 Å². The van der Waals surface area contributed by atoms with Gasteiger partial charge in [0, 0.05) is 0 Å².